The Bertz CT molecular complexity index is 3060. The van der Waals surface area contributed by atoms with E-state index in [1.165, 1.54) is 0 Å². The van der Waals surface area contributed by atoms with Gasteiger partial charge in [-0.25, -0.2) is 24.9 Å². The Hall–Kier alpha value is -6.87. The fourth-order valence-corrected chi connectivity index (χ4v) is 9.30. The largest absolute Gasteiger partial charge is 0.309 e. The summed E-state index contributed by atoms with van der Waals surface area (Å²) in [5.41, 5.74) is 9.97. The van der Waals surface area contributed by atoms with Crippen molar-refractivity contribution >= 4 is 64.9 Å². The minimum absolute atomic E-state index is 0.581. The fourth-order valence-electron chi connectivity index (χ4n) is 7.40. The smallest absolute Gasteiger partial charge is 0.164 e. The maximum absolute atomic E-state index is 5.33. The van der Waals surface area contributed by atoms with Crippen LogP contribution in [-0.2, 0) is 0 Å². The molecule has 0 saturated heterocycles. The minimum atomic E-state index is 0.581. The van der Waals surface area contributed by atoms with E-state index in [1.807, 2.05) is 36.4 Å². The predicted molar refractivity (Wildman–Crippen MR) is 228 cm³/mol. The first-order chi connectivity index (χ1) is 27.2. The van der Waals surface area contributed by atoms with Crippen molar-refractivity contribution in [2.45, 2.75) is 0 Å². The molecule has 0 unspecified atom stereocenters. The van der Waals surface area contributed by atoms with Gasteiger partial charge in [-0.05, 0) is 66.7 Å². The SMILES string of the molecule is c1ccc(-c2nc(-c3cc(-c4nc5ccccc5s4)cc(-c4nc5ccccc5s4)c3)nc(-c3cccc4c3c3ccccc3n4-c3ccccc3)n2)cc1. The highest BCUT2D eigenvalue weighted by Gasteiger charge is 2.21. The van der Waals surface area contributed by atoms with Crippen LogP contribution in [0, 0.1) is 0 Å². The fraction of sp³-hybridized carbons (Fsp3) is 0. The number of aromatic nitrogens is 6. The molecule has 7 aromatic carbocycles. The lowest BCUT2D eigenvalue weighted by atomic mass is 10.0. The molecule has 8 heteroatoms. The molecule has 11 rings (SSSR count). The van der Waals surface area contributed by atoms with Crippen molar-refractivity contribution in [1.29, 1.82) is 0 Å². The Kier molecular flexibility index (Phi) is 7.43. The van der Waals surface area contributed by atoms with Crippen LogP contribution in [0.3, 0.4) is 0 Å². The molecule has 0 amide bonds. The normalized spacial score (nSPS) is 11.6. The molecule has 4 aromatic heterocycles. The van der Waals surface area contributed by atoms with E-state index in [9.17, 15) is 0 Å². The van der Waals surface area contributed by atoms with Crippen molar-refractivity contribution in [3.05, 3.63) is 170 Å². The molecule has 0 radical (unpaired) electrons. The first kappa shape index (κ1) is 31.6. The van der Waals surface area contributed by atoms with Gasteiger partial charge in [-0.15, -0.1) is 22.7 Å². The summed E-state index contributed by atoms with van der Waals surface area (Å²) in [6, 6.07) is 58.7. The van der Waals surface area contributed by atoms with Gasteiger partial charge in [-0.1, -0.05) is 103 Å². The summed E-state index contributed by atoms with van der Waals surface area (Å²) in [7, 11) is 0. The number of hydrogen-bond donors (Lipinski definition) is 0. The first-order valence-corrected chi connectivity index (χ1v) is 19.6. The van der Waals surface area contributed by atoms with Crippen LogP contribution >= 0.6 is 22.7 Å². The number of para-hydroxylation sites is 4. The summed E-state index contributed by atoms with van der Waals surface area (Å²) in [6.07, 6.45) is 0. The lowest BCUT2D eigenvalue weighted by Crippen LogP contribution is -2.01. The summed E-state index contributed by atoms with van der Waals surface area (Å²) < 4.78 is 4.60. The highest BCUT2D eigenvalue weighted by Crippen LogP contribution is 2.41. The summed E-state index contributed by atoms with van der Waals surface area (Å²) >= 11 is 3.37. The third-order valence-electron chi connectivity index (χ3n) is 9.89. The molecule has 55 heavy (non-hydrogen) atoms. The van der Waals surface area contributed by atoms with E-state index in [2.05, 4.69) is 138 Å². The van der Waals surface area contributed by atoms with E-state index < -0.39 is 0 Å². The van der Waals surface area contributed by atoms with Gasteiger partial charge in [-0.3, -0.25) is 0 Å². The van der Waals surface area contributed by atoms with Crippen molar-refractivity contribution < 1.29 is 0 Å². The molecule has 0 fully saturated rings. The molecule has 258 valence electrons. The van der Waals surface area contributed by atoms with E-state index in [0.717, 1.165) is 85.8 Å². The molecule has 0 aliphatic rings. The zero-order valence-corrected chi connectivity index (χ0v) is 30.8. The number of benzene rings is 7. The monoisotopic (exact) mass is 740 g/mol. The lowest BCUT2D eigenvalue weighted by Gasteiger charge is -2.12. The average molecular weight is 741 g/mol. The maximum atomic E-state index is 5.33. The number of rotatable bonds is 6. The maximum Gasteiger partial charge on any atom is 0.164 e. The average Bonchev–Trinajstić information content (AvgIpc) is 3.98. The minimum Gasteiger partial charge on any atom is -0.309 e. The van der Waals surface area contributed by atoms with Crippen LogP contribution in [0.25, 0.3) is 103 Å². The number of nitrogens with zero attached hydrogens (tertiary/aromatic N) is 6. The standard InChI is InChI=1S/C47H28N6S2/c1-3-14-29(15-4-1)43-50-44(52-45(51-43)35-19-13-23-39-42(35)34-18-7-10-22-38(34)53(39)33-16-5-2-6-17-33)30-26-31(46-48-36-20-8-11-24-40(36)54-46)28-32(27-30)47-49-37-21-9-12-25-41(37)55-47/h1-28H. The van der Waals surface area contributed by atoms with Crippen LogP contribution in [-0.4, -0.2) is 29.5 Å². The van der Waals surface area contributed by atoms with Crippen molar-refractivity contribution in [2.75, 3.05) is 0 Å². The van der Waals surface area contributed by atoms with E-state index in [4.69, 9.17) is 24.9 Å². The van der Waals surface area contributed by atoms with Crippen molar-refractivity contribution in [3.8, 4) is 61.0 Å². The van der Waals surface area contributed by atoms with Gasteiger partial charge in [-0.2, -0.15) is 0 Å². The Morgan fingerprint density at radius 2 is 0.909 bits per heavy atom. The Balaban J connectivity index is 1.17. The molecule has 11 aromatic rings. The summed E-state index contributed by atoms with van der Waals surface area (Å²) in [5.74, 6) is 1.80. The van der Waals surface area contributed by atoms with Crippen LogP contribution in [0.4, 0.5) is 0 Å². The highest BCUT2D eigenvalue weighted by molar-refractivity contribution is 7.22. The number of fused-ring (bicyclic) bond motifs is 5. The second-order valence-corrected chi connectivity index (χ2v) is 15.4. The van der Waals surface area contributed by atoms with Crippen LogP contribution in [0.1, 0.15) is 0 Å². The lowest BCUT2D eigenvalue weighted by molar-refractivity contribution is 1.08. The number of thiazole rings is 2. The van der Waals surface area contributed by atoms with Crippen LogP contribution in [0.5, 0.6) is 0 Å². The number of hydrogen-bond acceptors (Lipinski definition) is 7. The van der Waals surface area contributed by atoms with Gasteiger partial charge >= 0.3 is 0 Å². The Morgan fingerprint density at radius 3 is 1.58 bits per heavy atom. The van der Waals surface area contributed by atoms with E-state index in [0.29, 0.717) is 17.5 Å². The zero-order valence-electron chi connectivity index (χ0n) is 29.2. The van der Waals surface area contributed by atoms with Crippen molar-refractivity contribution in [3.63, 3.8) is 0 Å². The van der Waals surface area contributed by atoms with Gasteiger partial charge in [0.05, 0.1) is 31.5 Å². The van der Waals surface area contributed by atoms with Crippen molar-refractivity contribution in [1.82, 2.24) is 29.5 Å². The van der Waals surface area contributed by atoms with Crippen LogP contribution < -0.4 is 0 Å². The van der Waals surface area contributed by atoms with Crippen LogP contribution in [0.15, 0.2) is 170 Å². The summed E-state index contributed by atoms with van der Waals surface area (Å²) in [5, 5.41) is 4.09. The van der Waals surface area contributed by atoms with Gasteiger partial charge in [0.2, 0.25) is 0 Å². The Morgan fingerprint density at radius 1 is 0.382 bits per heavy atom. The molecule has 4 heterocycles. The molecule has 6 nitrogen and oxygen atoms in total. The van der Waals surface area contributed by atoms with Gasteiger partial charge in [0.15, 0.2) is 17.5 Å². The molecule has 0 atom stereocenters. The van der Waals surface area contributed by atoms with E-state index in [-0.39, 0.29) is 0 Å². The second kappa shape index (κ2) is 12.9. The second-order valence-electron chi connectivity index (χ2n) is 13.3. The molecule has 0 bridgehead atoms. The molecule has 0 aliphatic heterocycles. The highest BCUT2D eigenvalue weighted by atomic mass is 32.1. The third-order valence-corrected chi connectivity index (χ3v) is 12.1. The topological polar surface area (TPSA) is 69.4 Å². The third kappa shape index (κ3) is 5.50. The molecule has 0 N–H and O–H groups in total. The zero-order chi connectivity index (χ0) is 36.3. The summed E-state index contributed by atoms with van der Waals surface area (Å²) in [6.45, 7) is 0. The van der Waals surface area contributed by atoms with Gasteiger partial charge in [0, 0.05) is 44.3 Å². The molecule has 0 spiro atoms. The Labute approximate surface area is 323 Å². The van der Waals surface area contributed by atoms with Gasteiger partial charge in [0.1, 0.15) is 10.0 Å². The van der Waals surface area contributed by atoms with E-state index in [1.54, 1.807) is 22.7 Å². The molecular weight excluding hydrogens is 713 g/mol. The van der Waals surface area contributed by atoms with Gasteiger partial charge < -0.3 is 4.57 Å². The molecule has 0 saturated carbocycles. The first-order valence-electron chi connectivity index (χ1n) is 18.0. The molecular formula is C47H28N6S2. The van der Waals surface area contributed by atoms with Crippen LogP contribution in [0.2, 0.25) is 0 Å². The quantitative estimate of drug-likeness (QED) is 0.170. The van der Waals surface area contributed by atoms with E-state index >= 15 is 0 Å². The molecule has 0 aliphatic carbocycles. The van der Waals surface area contributed by atoms with Gasteiger partial charge in [0.25, 0.3) is 0 Å². The summed E-state index contributed by atoms with van der Waals surface area (Å²) in [4.78, 5) is 25.8. The predicted octanol–water partition coefficient (Wildman–Crippen LogP) is 12.5. The van der Waals surface area contributed by atoms with Crippen molar-refractivity contribution in [2.24, 2.45) is 0 Å².